The first-order valence-electron chi connectivity index (χ1n) is 13.3. The predicted octanol–water partition coefficient (Wildman–Crippen LogP) is 7.05. The monoisotopic (exact) mass is 496 g/mol. The first kappa shape index (κ1) is 22.5. The van der Waals surface area contributed by atoms with Crippen LogP contribution in [0.1, 0.15) is 49.4 Å². The summed E-state index contributed by atoms with van der Waals surface area (Å²) in [7, 11) is 1.32. The normalized spacial score (nSPS) is 24.8. The fraction of sp³-hybridized carbons (Fsp3) is 0.312. The van der Waals surface area contributed by atoms with E-state index in [1.807, 2.05) is 29.0 Å². The number of carbonyl (C=O) groups excluding carboxylic acids is 2. The number of carbonyl (C=O) groups is 2. The van der Waals surface area contributed by atoms with Crippen molar-refractivity contribution in [1.29, 1.82) is 0 Å². The number of halogens is 1. The van der Waals surface area contributed by atoms with Crippen LogP contribution in [0.4, 0.5) is 4.39 Å². The molecule has 5 heteroatoms. The number of Topliss-reactive ketones (excluding diaryl/α,β-unsaturated/α-hetero) is 1. The van der Waals surface area contributed by atoms with E-state index in [1.165, 1.54) is 13.2 Å². The van der Waals surface area contributed by atoms with Gasteiger partial charge in [-0.25, -0.2) is 4.39 Å². The topological polar surface area (TPSA) is 48.3 Å². The SMILES string of the molecule is [2H]C1(C(=O)OC)CC2(CC(CC(=O)c3ccc(F)c4ccn(Cc5ccc(-c6ccccc6)cc5)c34)C2)C1. The van der Waals surface area contributed by atoms with E-state index in [1.54, 1.807) is 12.1 Å². The van der Waals surface area contributed by atoms with Crippen molar-refractivity contribution in [2.24, 2.45) is 17.2 Å². The lowest BCUT2D eigenvalue weighted by Crippen LogP contribution is -2.50. The Kier molecular flexibility index (Phi) is 5.64. The van der Waals surface area contributed by atoms with Crippen molar-refractivity contribution in [3.8, 4) is 11.1 Å². The highest BCUT2D eigenvalue weighted by Crippen LogP contribution is 2.62. The number of esters is 1. The van der Waals surface area contributed by atoms with Crippen molar-refractivity contribution in [3.05, 3.63) is 95.9 Å². The lowest BCUT2D eigenvalue weighted by molar-refractivity contribution is -0.161. The van der Waals surface area contributed by atoms with Gasteiger partial charge in [-0.2, -0.15) is 0 Å². The molecule has 0 radical (unpaired) electrons. The molecule has 0 bridgehead atoms. The van der Waals surface area contributed by atoms with Gasteiger partial charge in [0.05, 0.1) is 18.5 Å². The van der Waals surface area contributed by atoms with Crippen molar-refractivity contribution >= 4 is 22.7 Å². The summed E-state index contributed by atoms with van der Waals surface area (Å²) in [5.74, 6) is -1.70. The average molecular weight is 497 g/mol. The molecule has 1 aromatic heterocycles. The molecule has 0 atom stereocenters. The Labute approximate surface area is 217 Å². The predicted molar refractivity (Wildman–Crippen MR) is 142 cm³/mol. The summed E-state index contributed by atoms with van der Waals surface area (Å²) in [5, 5.41) is 0.456. The smallest absolute Gasteiger partial charge is 0.308 e. The van der Waals surface area contributed by atoms with Crippen LogP contribution in [-0.4, -0.2) is 23.4 Å². The van der Waals surface area contributed by atoms with Crippen molar-refractivity contribution in [2.45, 2.75) is 38.6 Å². The molecular formula is C32H30FNO3. The van der Waals surface area contributed by atoms with Crippen LogP contribution in [-0.2, 0) is 16.1 Å². The number of rotatable bonds is 7. The van der Waals surface area contributed by atoms with Crippen molar-refractivity contribution in [1.82, 2.24) is 4.57 Å². The van der Waals surface area contributed by atoms with E-state index in [-0.39, 0.29) is 22.9 Å². The summed E-state index contributed by atoms with van der Waals surface area (Å²) in [5.41, 5.74) is 4.53. The number of ether oxygens (including phenoxy) is 1. The van der Waals surface area contributed by atoms with Gasteiger partial charge in [0.25, 0.3) is 0 Å². The molecule has 0 unspecified atom stereocenters. The van der Waals surface area contributed by atoms with Gasteiger partial charge in [0, 0.05) is 31.5 Å². The average Bonchev–Trinajstić information content (AvgIpc) is 3.31. The number of benzene rings is 3. The molecule has 37 heavy (non-hydrogen) atoms. The molecule has 0 N–H and O–H groups in total. The maximum atomic E-state index is 14.7. The molecule has 6 rings (SSSR count). The molecule has 4 nitrogen and oxygen atoms in total. The first-order chi connectivity index (χ1) is 18.3. The zero-order chi connectivity index (χ0) is 26.5. The van der Waals surface area contributed by atoms with Crippen molar-refractivity contribution in [3.63, 3.8) is 0 Å². The lowest BCUT2D eigenvalue weighted by atomic mass is 9.47. The Bertz CT molecular complexity index is 1510. The maximum absolute atomic E-state index is 14.7. The van der Waals surface area contributed by atoms with Crippen LogP contribution in [0, 0.1) is 23.0 Å². The number of nitrogens with zero attached hydrogens (tertiary/aromatic N) is 1. The Morgan fingerprint density at radius 3 is 2.38 bits per heavy atom. The second kappa shape index (κ2) is 9.29. The standard InChI is InChI=1S/C32H30FNO3/c1-37-31(36)25-18-32(19-25)16-22(17-32)15-29(35)27-11-12-28(33)26-13-14-34(30(26)27)20-21-7-9-24(10-8-21)23-5-3-2-4-6-23/h2-14,22,25H,15-20H2,1H3/i25D. The van der Waals surface area contributed by atoms with Gasteiger partial charge in [0.1, 0.15) is 5.82 Å². The van der Waals surface area contributed by atoms with Gasteiger partial charge in [-0.1, -0.05) is 54.6 Å². The Morgan fingerprint density at radius 2 is 1.68 bits per heavy atom. The molecule has 0 saturated heterocycles. The molecule has 3 aromatic carbocycles. The van der Waals surface area contributed by atoms with E-state index in [0.29, 0.717) is 42.3 Å². The van der Waals surface area contributed by atoms with Crippen molar-refractivity contribution in [2.75, 3.05) is 7.11 Å². The number of fused-ring (bicyclic) bond motifs is 1. The highest BCUT2D eigenvalue weighted by Gasteiger charge is 2.55. The van der Waals surface area contributed by atoms with Gasteiger partial charge < -0.3 is 9.30 Å². The lowest BCUT2D eigenvalue weighted by Gasteiger charge is -2.57. The number of ketones is 1. The fourth-order valence-electron chi connectivity index (χ4n) is 6.39. The molecule has 2 aliphatic rings. The third-order valence-electron chi connectivity index (χ3n) is 8.15. The zero-order valence-corrected chi connectivity index (χ0v) is 20.9. The second-order valence-electron chi connectivity index (χ2n) is 10.7. The molecular weight excluding hydrogens is 465 g/mol. The largest absolute Gasteiger partial charge is 0.469 e. The highest BCUT2D eigenvalue weighted by molar-refractivity contribution is 6.07. The minimum Gasteiger partial charge on any atom is -0.469 e. The third kappa shape index (κ3) is 4.37. The van der Waals surface area contributed by atoms with E-state index in [9.17, 15) is 14.0 Å². The van der Waals surface area contributed by atoms with E-state index in [4.69, 9.17) is 6.11 Å². The molecule has 2 fully saturated rings. The quantitative estimate of drug-likeness (QED) is 0.203. The summed E-state index contributed by atoms with van der Waals surface area (Å²) in [6.07, 6.45) is 4.94. The summed E-state index contributed by atoms with van der Waals surface area (Å²) in [6.45, 7) is 0.536. The molecule has 2 aliphatic carbocycles. The molecule has 2 saturated carbocycles. The Balaban J connectivity index is 1.17. The Morgan fingerprint density at radius 1 is 0.973 bits per heavy atom. The van der Waals surface area contributed by atoms with Gasteiger partial charge in [0.2, 0.25) is 0 Å². The van der Waals surface area contributed by atoms with Gasteiger partial charge in [0.15, 0.2) is 5.78 Å². The van der Waals surface area contributed by atoms with Crippen LogP contribution in [0.5, 0.6) is 0 Å². The van der Waals surface area contributed by atoms with Gasteiger partial charge >= 0.3 is 5.97 Å². The van der Waals surface area contributed by atoms with Crippen LogP contribution < -0.4 is 0 Å². The van der Waals surface area contributed by atoms with Crippen LogP contribution in [0.3, 0.4) is 0 Å². The van der Waals surface area contributed by atoms with Gasteiger partial charge in [-0.3, -0.25) is 9.59 Å². The fourth-order valence-corrected chi connectivity index (χ4v) is 6.39. The molecule has 188 valence electrons. The number of aromatic nitrogens is 1. The van der Waals surface area contributed by atoms with E-state index < -0.39 is 11.9 Å². The van der Waals surface area contributed by atoms with Crippen molar-refractivity contribution < 1.29 is 20.1 Å². The first-order valence-corrected chi connectivity index (χ1v) is 12.8. The summed E-state index contributed by atoms with van der Waals surface area (Å²) in [4.78, 5) is 25.3. The molecule has 0 amide bonds. The maximum Gasteiger partial charge on any atom is 0.308 e. The van der Waals surface area contributed by atoms with Gasteiger partial charge in [-0.15, -0.1) is 0 Å². The van der Waals surface area contributed by atoms with E-state index in [2.05, 4.69) is 36.4 Å². The molecule has 1 heterocycles. The summed E-state index contributed by atoms with van der Waals surface area (Å²) >= 11 is 0. The van der Waals surface area contributed by atoms with Crippen LogP contribution >= 0.6 is 0 Å². The van der Waals surface area contributed by atoms with E-state index >= 15 is 0 Å². The van der Waals surface area contributed by atoms with Crippen LogP contribution in [0.2, 0.25) is 0 Å². The summed E-state index contributed by atoms with van der Waals surface area (Å²) < 4.78 is 29.7. The van der Waals surface area contributed by atoms with Crippen LogP contribution in [0.15, 0.2) is 79.0 Å². The van der Waals surface area contributed by atoms with Crippen LogP contribution in [0.25, 0.3) is 22.0 Å². The highest BCUT2D eigenvalue weighted by atomic mass is 19.1. The molecule has 0 aliphatic heterocycles. The minimum atomic E-state index is -1.13. The third-order valence-corrected chi connectivity index (χ3v) is 8.15. The number of hydrogen-bond acceptors (Lipinski definition) is 3. The Hall–Kier alpha value is -3.73. The number of hydrogen-bond donors (Lipinski definition) is 0. The summed E-state index contributed by atoms with van der Waals surface area (Å²) in [6, 6.07) is 23.2. The van der Waals surface area contributed by atoms with E-state index in [0.717, 1.165) is 29.5 Å². The number of methoxy groups -OCH3 is 1. The van der Waals surface area contributed by atoms with Gasteiger partial charge in [-0.05, 0) is 71.9 Å². The zero-order valence-electron chi connectivity index (χ0n) is 21.9. The molecule has 1 spiro atoms. The minimum absolute atomic E-state index is 0.00880. The molecule has 4 aromatic rings. The second-order valence-corrected chi connectivity index (χ2v) is 10.7.